The molecule has 0 fully saturated rings. The molecule has 1 aromatic carbocycles. The van der Waals surface area contributed by atoms with Crippen LogP contribution in [-0.2, 0) is 11.4 Å². The summed E-state index contributed by atoms with van der Waals surface area (Å²) in [6.45, 7) is 7.80. The maximum atomic E-state index is 12.5. The second-order valence-corrected chi connectivity index (χ2v) is 9.30. The third-order valence-corrected chi connectivity index (χ3v) is 5.78. The van der Waals surface area contributed by atoms with Gasteiger partial charge in [-0.05, 0) is 27.7 Å². The maximum Gasteiger partial charge on any atom is 0.174 e. The second-order valence-electron chi connectivity index (χ2n) is 6.89. The van der Waals surface area contributed by atoms with Crippen molar-refractivity contribution in [1.29, 1.82) is 0 Å². The molecule has 1 N–H and O–H groups in total. The lowest BCUT2D eigenvalue weighted by Gasteiger charge is -2.27. The number of fused-ring (bicyclic) bond motifs is 1. The van der Waals surface area contributed by atoms with Gasteiger partial charge in [-0.2, -0.15) is 5.10 Å². The van der Waals surface area contributed by atoms with Gasteiger partial charge in [0.15, 0.2) is 5.65 Å². The van der Waals surface area contributed by atoms with Gasteiger partial charge in [-0.25, -0.2) is 9.50 Å². The zero-order valence-electron chi connectivity index (χ0n) is 14.7. The van der Waals surface area contributed by atoms with Gasteiger partial charge in [-0.15, -0.1) is 4.72 Å². The Balaban J connectivity index is 2.09. The fourth-order valence-electron chi connectivity index (χ4n) is 2.44. The first-order chi connectivity index (χ1) is 11.8. The molecule has 7 heteroatoms. The van der Waals surface area contributed by atoms with E-state index in [0.717, 1.165) is 16.8 Å². The van der Waals surface area contributed by atoms with E-state index in [-0.39, 0.29) is 10.8 Å². The molecule has 0 spiro atoms. The average molecular weight is 377 g/mol. The SMILES string of the molecule is C[C@H](N[S+]([O-])C(C)(C)C)c1cn2ncc(Cl)c2nc1-c1ccccc1. The van der Waals surface area contributed by atoms with Gasteiger partial charge in [-0.1, -0.05) is 41.9 Å². The van der Waals surface area contributed by atoms with Crippen molar-refractivity contribution >= 4 is 28.6 Å². The fourth-order valence-corrected chi connectivity index (χ4v) is 3.42. The van der Waals surface area contributed by atoms with E-state index >= 15 is 0 Å². The van der Waals surface area contributed by atoms with Gasteiger partial charge in [0.1, 0.15) is 9.77 Å². The molecule has 0 bridgehead atoms. The highest BCUT2D eigenvalue weighted by Crippen LogP contribution is 2.30. The molecule has 3 aromatic rings. The van der Waals surface area contributed by atoms with E-state index in [0.29, 0.717) is 10.7 Å². The summed E-state index contributed by atoms with van der Waals surface area (Å²) >= 11 is 5.00. The first kappa shape index (κ1) is 18.2. The van der Waals surface area contributed by atoms with Crippen LogP contribution in [0.1, 0.15) is 39.3 Å². The molecule has 0 saturated carbocycles. The highest BCUT2D eigenvalue weighted by atomic mass is 35.5. The third kappa shape index (κ3) is 3.82. The summed E-state index contributed by atoms with van der Waals surface area (Å²) in [5.41, 5.74) is 3.30. The van der Waals surface area contributed by atoms with E-state index in [4.69, 9.17) is 16.6 Å². The van der Waals surface area contributed by atoms with Crippen LogP contribution < -0.4 is 4.72 Å². The summed E-state index contributed by atoms with van der Waals surface area (Å²) in [5, 5.41) is 4.74. The van der Waals surface area contributed by atoms with Crippen molar-refractivity contribution in [2.24, 2.45) is 0 Å². The van der Waals surface area contributed by atoms with Crippen LogP contribution in [0.4, 0.5) is 0 Å². The first-order valence-corrected chi connectivity index (χ1v) is 9.57. The standard InChI is InChI=1S/C18H21ClN4OS/c1-12(22-25(24)18(2,3)4)14-11-23-17(15(19)10-20-23)21-16(14)13-8-6-5-7-9-13/h5-12,22H,1-4H3/t12-,25?/m0/s1. The Morgan fingerprint density at radius 2 is 1.92 bits per heavy atom. The zero-order chi connectivity index (χ0) is 18.2. The molecule has 1 unspecified atom stereocenters. The maximum absolute atomic E-state index is 12.5. The van der Waals surface area contributed by atoms with Crippen molar-refractivity contribution in [2.45, 2.75) is 38.5 Å². The number of aromatic nitrogens is 3. The predicted octanol–water partition coefficient (Wildman–Crippen LogP) is 4.16. The zero-order valence-corrected chi connectivity index (χ0v) is 16.2. The third-order valence-electron chi connectivity index (χ3n) is 3.83. The molecule has 3 rings (SSSR count). The number of nitrogens with zero attached hydrogens (tertiary/aromatic N) is 3. The van der Waals surface area contributed by atoms with E-state index in [1.807, 2.05) is 64.2 Å². The van der Waals surface area contributed by atoms with Crippen molar-refractivity contribution in [2.75, 3.05) is 0 Å². The van der Waals surface area contributed by atoms with Gasteiger partial charge in [0.2, 0.25) is 0 Å². The van der Waals surface area contributed by atoms with Crippen molar-refractivity contribution in [3.63, 3.8) is 0 Å². The van der Waals surface area contributed by atoms with Gasteiger partial charge in [0, 0.05) is 28.7 Å². The quantitative estimate of drug-likeness (QED) is 0.694. The molecule has 0 amide bonds. The molecule has 25 heavy (non-hydrogen) atoms. The molecule has 2 aromatic heterocycles. The van der Waals surface area contributed by atoms with Crippen LogP contribution in [0.25, 0.3) is 16.9 Å². The van der Waals surface area contributed by atoms with Crippen molar-refractivity contribution in [1.82, 2.24) is 19.3 Å². The van der Waals surface area contributed by atoms with Crippen LogP contribution in [0.3, 0.4) is 0 Å². The van der Waals surface area contributed by atoms with Crippen molar-refractivity contribution in [3.05, 3.63) is 53.3 Å². The van der Waals surface area contributed by atoms with Gasteiger partial charge in [0.05, 0.1) is 17.9 Å². The lowest BCUT2D eigenvalue weighted by Crippen LogP contribution is -2.40. The molecule has 0 saturated heterocycles. The first-order valence-electron chi connectivity index (χ1n) is 8.04. The molecule has 0 aliphatic rings. The number of hydrogen-bond acceptors (Lipinski definition) is 4. The summed E-state index contributed by atoms with van der Waals surface area (Å²) < 4.78 is 17.0. The molecule has 132 valence electrons. The normalized spacial score (nSPS) is 14.6. The Bertz CT molecular complexity index is 876. The second kappa shape index (κ2) is 6.96. The highest BCUT2D eigenvalue weighted by molar-refractivity contribution is 7.90. The summed E-state index contributed by atoms with van der Waals surface area (Å²) in [6.07, 6.45) is 3.47. The van der Waals surface area contributed by atoms with E-state index in [2.05, 4.69) is 9.82 Å². The van der Waals surface area contributed by atoms with Gasteiger partial charge < -0.3 is 4.55 Å². The molecular formula is C18H21ClN4OS. The number of nitrogens with one attached hydrogen (secondary N) is 1. The number of halogens is 1. The minimum atomic E-state index is -1.19. The number of rotatable bonds is 4. The average Bonchev–Trinajstić information content (AvgIpc) is 2.94. The van der Waals surface area contributed by atoms with E-state index in [9.17, 15) is 4.55 Å². The number of hydrogen-bond donors (Lipinski definition) is 1. The molecule has 0 aliphatic heterocycles. The molecule has 2 heterocycles. The molecule has 5 nitrogen and oxygen atoms in total. The topological polar surface area (TPSA) is 65.3 Å². The summed E-state index contributed by atoms with van der Waals surface area (Å²) in [7, 11) is 0. The van der Waals surface area contributed by atoms with Crippen molar-refractivity contribution < 1.29 is 4.55 Å². The van der Waals surface area contributed by atoms with Crippen LogP contribution in [0.5, 0.6) is 0 Å². The fraction of sp³-hybridized carbons (Fsp3) is 0.333. The lowest BCUT2D eigenvalue weighted by molar-refractivity contribution is 0.530. The van der Waals surface area contributed by atoms with Crippen LogP contribution in [-0.4, -0.2) is 23.9 Å². The molecular weight excluding hydrogens is 356 g/mol. The minimum Gasteiger partial charge on any atom is -0.598 e. The Kier molecular flexibility index (Phi) is 5.06. The highest BCUT2D eigenvalue weighted by Gasteiger charge is 2.29. The number of benzene rings is 1. The lowest BCUT2D eigenvalue weighted by atomic mass is 10.0. The molecule has 0 aliphatic carbocycles. The van der Waals surface area contributed by atoms with Crippen LogP contribution >= 0.6 is 11.6 Å². The minimum absolute atomic E-state index is 0.171. The van der Waals surface area contributed by atoms with Crippen LogP contribution in [0, 0.1) is 0 Å². The van der Waals surface area contributed by atoms with Crippen molar-refractivity contribution in [3.8, 4) is 11.3 Å². The Morgan fingerprint density at radius 3 is 2.56 bits per heavy atom. The largest absolute Gasteiger partial charge is 0.598 e. The van der Waals surface area contributed by atoms with E-state index in [1.165, 1.54) is 0 Å². The Morgan fingerprint density at radius 1 is 1.24 bits per heavy atom. The van der Waals surface area contributed by atoms with E-state index < -0.39 is 11.4 Å². The smallest absolute Gasteiger partial charge is 0.174 e. The van der Waals surface area contributed by atoms with E-state index in [1.54, 1.807) is 10.7 Å². The van der Waals surface area contributed by atoms with Crippen LogP contribution in [0.15, 0.2) is 42.7 Å². The summed E-state index contributed by atoms with van der Waals surface area (Å²) in [6, 6.07) is 9.72. The molecule has 0 radical (unpaired) electrons. The van der Waals surface area contributed by atoms with Crippen LogP contribution in [0.2, 0.25) is 5.02 Å². The summed E-state index contributed by atoms with van der Waals surface area (Å²) in [5.74, 6) is 0. The van der Waals surface area contributed by atoms with Gasteiger partial charge in [-0.3, -0.25) is 0 Å². The summed E-state index contributed by atoms with van der Waals surface area (Å²) in [4.78, 5) is 4.73. The van der Waals surface area contributed by atoms with Gasteiger partial charge in [0.25, 0.3) is 0 Å². The Labute approximate surface area is 155 Å². The Hall–Kier alpha value is -1.60. The molecule has 2 atom stereocenters. The predicted molar refractivity (Wildman–Crippen MR) is 103 cm³/mol. The monoisotopic (exact) mass is 376 g/mol. The van der Waals surface area contributed by atoms with Gasteiger partial charge >= 0.3 is 0 Å².